The zero-order valence-electron chi connectivity index (χ0n) is 25.0. The molecule has 0 spiro atoms. The second-order valence-corrected chi connectivity index (χ2v) is 14.4. The zero-order valence-corrected chi connectivity index (χ0v) is 27.0. The van der Waals surface area contributed by atoms with Crippen LogP contribution < -0.4 is 0 Å². The predicted octanol–water partition coefficient (Wildman–Crippen LogP) is 3.77. The number of hydrogen-bond acceptors (Lipinski definition) is 9. The van der Waals surface area contributed by atoms with Crippen LogP contribution in [0, 0.1) is 0 Å². The number of hydrogen-bond donors (Lipinski definition) is 2. The van der Waals surface area contributed by atoms with E-state index in [-0.39, 0.29) is 25.2 Å². The Kier molecular flexibility index (Phi) is 20.7. The summed E-state index contributed by atoms with van der Waals surface area (Å²) in [5.74, 6) is -0.283. The Balaban J connectivity index is 5.97. The smallest absolute Gasteiger partial charge is 0.394 e. The second-order valence-electron chi connectivity index (χ2n) is 8.91. The number of nitrogens with zero attached hydrogens (tertiary/aromatic N) is 1. The lowest BCUT2D eigenvalue weighted by Crippen LogP contribution is -2.51. The third-order valence-corrected chi connectivity index (χ3v) is 12.3. The highest BCUT2D eigenvalue weighted by atomic mass is 28.4. The third kappa shape index (κ3) is 12.7. The molecule has 0 heterocycles. The van der Waals surface area contributed by atoms with E-state index in [0.717, 1.165) is 0 Å². The average Bonchev–Trinajstić information content (AvgIpc) is 2.87. The Morgan fingerprint density at radius 2 is 1.00 bits per heavy atom. The van der Waals surface area contributed by atoms with Gasteiger partial charge in [0.25, 0.3) is 0 Å². The molecule has 12 heteroatoms. The van der Waals surface area contributed by atoms with E-state index >= 15 is 0 Å². The number of carbonyl (C=O) groups is 1. The van der Waals surface area contributed by atoms with Crippen molar-refractivity contribution in [3.63, 3.8) is 0 Å². The van der Waals surface area contributed by atoms with Gasteiger partial charge in [0.05, 0.1) is 19.3 Å². The van der Waals surface area contributed by atoms with Crippen LogP contribution in [0.1, 0.15) is 74.1 Å². The summed E-state index contributed by atoms with van der Waals surface area (Å²) in [4.78, 5) is 14.8. The number of rotatable bonds is 25. The molecule has 0 aromatic rings. The van der Waals surface area contributed by atoms with Crippen LogP contribution in [-0.4, -0.2) is 104 Å². The van der Waals surface area contributed by atoms with Gasteiger partial charge < -0.3 is 41.7 Å². The van der Waals surface area contributed by atoms with Gasteiger partial charge in [0, 0.05) is 63.3 Å². The Morgan fingerprint density at radius 1 is 0.684 bits per heavy atom. The van der Waals surface area contributed by atoms with Gasteiger partial charge in [-0.25, -0.2) is 0 Å². The number of aliphatic hydroxyl groups is 2. The van der Waals surface area contributed by atoms with Gasteiger partial charge in [-0.15, -0.1) is 0 Å². The molecule has 0 radical (unpaired) electrons. The van der Waals surface area contributed by atoms with Crippen molar-refractivity contribution < 1.29 is 41.6 Å². The fourth-order valence-corrected chi connectivity index (χ4v) is 9.90. The Bertz CT molecular complexity index is 572. The number of amides is 1. The van der Waals surface area contributed by atoms with Gasteiger partial charge in [0.1, 0.15) is 0 Å². The summed E-state index contributed by atoms with van der Waals surface area (Å²) in [6, 6.07) is 0.209. The van der Waals surface area contributed by atoms with Crippen LogP contribution in [0.15, 0.2) is 12.2 Å². The first-order valence-electron chi connectivity index (χ1n) is 14.2. The average molecular weight is 582 g/mol. The van der Waals surface area contributed by atoms with Crippen LogP contribution >= 0.6 is 0 Å². The van der Waals surface area contributed by atoms with Crippen molar-refractivity contribution >= 4 is 23.5 Å². The molecule has 2 N–H and O–H groups in total. The van der Waals surface area contributed by atoms with E-state index in [2.05, 4.69) is 6.58 Å². The van der Waals surface area contributed by atoms with Gasteiger partial charge in [-0.2, -0.15) is 0 Å². The molecule has 1 amide bonds. The van der Waals surface area contributed by atoms with Crippen LogP contribution in [-0.2, 0) is 31.4 Å². The molecular formula is C26H55NO9Si2. The van der Waals surface area contributed by atoms with Crippen molar-refractivity contribution in [3.05, 3.63) is 12.2 Å². The molecule has 0 aromatic carbocycles. The van der Waals surface area contributed by atoms with Crippen molar-refractivity contribution in [1.82, 2.24) is 4.90 Å². The highest BCUT2D eigenvalue weighted by Gasteiger charge is 2.42. The van der Waals surface area contributed by atoms with E-state index < -0.39 is 23.7 Å². The quantitative estimate of drug-likeness (QED) is 0.123. The molecule has 0 rings (SSSR count). The molecule has 0 fully saturated rings. The van der Waals surface area contributed by atoms with E-state index in [9.17, 15) is 15.0 Å². The minimum Gasteiger partial charge on any atom is -0.394 e. The SMILES string of the molecule is C=C(C)C(=O)N(C(CO)CO)C(CCC[Si](OCC)(OCC)OCC)CCC[Si](OCC)(OCC)OCC. The molecule has 0 aliphatic rings. The number of aliphatic hydroxyl groups excluding tert-OH is 2. The molecule has 0 unspecified atom stereocenters. The lowest BCUT2D eigenvalue weighted by Gasteiger charge is -2.38. The van der Waals surface area contributed by atoms with Crippen LogP contribution in [0.25, 0.3) is 0 Å². The Morgan fingerprint density at radius 3 is 1.24 bits per heavy atom. The summed E-state index contributed by atoms with van der Waals surface area (Å²) >= 11 is 0. The van der Waals surface area contributed by atoms with Crippen molar-refractivity contribution in [2.75, 3.05) is 52.9 Å². The largest absolute Gasteiger partial charge is 0.500 e. The van der Waals surface area contributed by atoms with Crippen molar-refractivity contribution in [2.45, 2.75) is 98.3 Å². The standard InChI is InChI=1S/C26H55NO9Si2/c1-9-31-37(32-10-2,33-11-3)19-15-17-24(27(25(21-28)22-29)26(30)23(7)8)18-16-20-38(34-12-4,35-13-5)36-14-6/h24-25,28-29H,7,9-22H2,1-6,8H3. The van der Waals surface area contributed by atoms with Gasteiger partial charge >= 0.3 is 17.6 Å². The van der Waals surface area contributed by atoms with E-state index in [1.165, 1.54) is 0 Å². The van der Waals surface area contributed by atoms with Crippen LogP contribution in [0.3, 0.4) is 0 Å². The monoisotopic (exact) mass is 581 g/mol. The fraction of sp³-hybridized carbons (Fsp3) is 0.885. The van der Waals surface area contributed by atoms with Gasteiger partial charge in [-0.3, -0.25) is 4.79 Å². The zero-order chi connectivity index (χ0) is 29.0. The van der Waals surface area contributed by atoms with Crippen molar-refractivity contribution in [1.29, 1.82) is 0 Å². The van der Waals surface area contributed by atoms with Gasteiger partial charge in [0.15, 0.2) is 0 Å². The highest BCUT2D eigenvalue weighted by Crippen LogP contribution is 2.27. The molecule has 0 aliphatic carbocycles. The summed E-state index contributed by atoms with van der Waals surface area (Å²) in [6.07, 6.45) is 2.60. The molecule has 38 heavy (non-hydrogen) atoms. The van der Waals surface area contributed by atoms with E-state index in [1.807, 2.05) is 41.5 Å². The topological polar surface area (TPSA) is 116 Å². The maximum absolute atomic E-state index is 13.3. The molecule has 0 bridgehead atoms. The summed E-state index contributed by atoms with van der Waals surface area (Å²) < 4.78 is 36.1. The van der Waals surface area contributed by atoms with Crippen LogP contribution in [0.4, 0.5) is 0 Å². The third-order valence-electron chi connectivity index (χ3n) is 6.03. The molecule has 226 valence electrons. The maximum Gasteiger partial charge on any atom is 0.500 e. The first-order valence-corrected chi connectivity index (χ1v) is 18.1. The predicted molar refractivity (Wildman–Crippen MR) is 153 cm³/mol. The van der Waals surface area contributed by atoms with Gasteiger partial charge in [-0.1, -0.05) is 6.58 Å². The van der Waals surface area contributed by atoms with Gasteiger partial charge in [-0.05, 0) is 74.1 Å². The number of carbonyl (C=O) groups excluding carboxylic acids is 1. The molecule has 0 saturated heterocycles. The van der Waals surface area contributed by atoms with E-state index in [0.29, 0.717) is 83.0 Å². The maximum atomic E-state index is 13.3. The lowest BCUT2D eigenvalue weighted by molar-refractivity contribution is -0.134. The molecule has 0 aromatic heterocycles. The van der Waals surface area contributed by atoms with Crippen LogP contribution in [0.5, 0.6) is 0 Å². The minimum absolute atomic E-state index is 0.267. The first-order chi connectivity index (χ1) is 18.2. The van der Waals surface area contributed by atoms with Crippen molar-refractivity contribution in [3.8, 4) is 0 Å². The normalized spacial score (nSPS) is 12.5. The van der Waals surface area contributed by atoms with Gasteiger partial charge in [0.2, 0.25) is 5.91 Å². The molecular weight excluding hydrogens is 526 g/mol. The molecule has 0 saturated carbocycles. The minimum atomic E-state index is -2.86. The van der Waals surface area contributed by atoms with Crippen LogP contribution in [0.2, 0.25) is 12.1 Å². The Hall–Kier alpha value is -0.676. The molecule has 0 aliphatic heterocycles. The summed E-state index contributed by atoms with van der Waals surface area (Å²) in [7, 11) is -5.71. The first kappa shape index (κ1) is 37.3. The van der Waals surface area contributed by atoms with Crippen molar-refractivity contribution in [2.24, 2.45) is 0 Å². The fourth-order valence-electron chi connectivity index (χ4n) is 4.62. The Labute approximate surface area is 233 Å². The summed E-state index contributed by atoms with van der Waals surface area (Å²) in [5, 5.41) is 20.0. The summed E-state index contributed by atoms with van der Waals surface area (Å²) in [5.41, 5.74) is 0.352. The summed E-state index contributed by atoms with van der Waals surface area (Å²) in [6.45, 7) is 19.3. The van der Waals surface area contributed by atoms with E-state index in [1.54, 1.807) is 11.8 Å². The molecule has 0 atom stereocenters. The van der Waals surface area contributed by atoms with E-state index in [4.69, 9.17) is 26.6 Å². The molecule has 10 nitrogen and oxygen atoms in total. The second kappa shape index (κ2) is 21.1. The highest BCUT2D eigenvalue weighted by molar-refractivity contribution is 6.61. The lowest BCUT2D eigenvalue weighted by atomic mass is 10.0.